The molecule has 25 heavy (non-hydrogen) atoms. The van der Waals surface area contributed by atoms with Crippen LogP contribution in [-0.2, 0) is 17.8 Å². The molecule has 2 heterocycles. The van der Waals surface area contributed by atoms with Crippen LogP contribution >= 0.6 is 0 Å². The number of carbonyl (C=O) groups is 1. The molecule has 0 unspecified atom stereocenters. The van der Waals surface area contributed by atoms with Gasteiger partial charge in [-0.2, -0.15) is 0 Å². The van der Waals surface area contributed by atoms with Crippen molar-refractivity contribution in [1.82, 2.24) is 4.90 Å². The Kier molecular flexibility index (Phi) is 5.85. The van der Waals surface area contributed by atoms with Crippen LogP contribution in [0.4, 0.5) is 5.69 Å². The third-order valence-electron chi connectivity index (χ3n) is 5.15. The minimum atomic E-state index is -1.02. The van der Waals surface area contributed by atoms with Crippen LogP contribution in [0.25, 0.3) is 0 Å². The van der Waals surface area contributed by atoms with E-state index in [0.29, 0.717) is 12.0 Å². The average Bonchev–Trinajstić information content (AvgIpc) is 2.93. The summed E-state index contributed by atoms with van der Waals surface area (Å²) >= 11 is 0. The number of anilines is 1. The zero-order valence-corrected chi connectivity index (χ0v) is 16.6. The van der Waals surface area contributed by atoms with Gasteiger partial charge in [-0.05, 0) is 29.2 Å². The van der Waals surface area contributed by atoms with E-state index in [0.717, 1.165) is 37.3 Å². The van der Waals surface area contributed by atoms with Crippen molar-refractivity contribution in [3.8, 4) is 0 Å². The smallest absolute Gasteiger partial charge is 0.550 e. The Hall–Kier alpha value is -1.33. The first-order valence-corrected chi connectivity index (χ1v) is 8.54. The topological polar surface area (TPSA) is 55.4 Å². The number of fused-ring (bicyclic) bond motifs is 3. The molecule has 4 nitrogen and oxygen atoms in total. The fourth-order valence-corrected chi connectivity index (χ4v) is 4.02. The van der Waals surface area contributed by atoms with Gasteiger partial charge >= 0.3 is 29.6 Å². The summed E-state index contributed by atoms with van der Waals surface area (Å²) in [7, 11) is 0. The largest absolute Gasteiger partial charge is 1.00 e. The number of benzene rings is 2. The van der Waals surface area contributed by atoms with E-state index in [-0.39, 0.29) is 36.0 Å². The van der Waals surface area contributed by atoms with Crippen LogP contribution in [0.2, 0.25) is 0 Å². The molecule has 0 spiro atoms. The van der Waals surface area contributed by atoms with Gasteiger partial charge in [0.2, 0.25) is 0 Å². The fraction of sp³-hybridized carbons (Fsp3) is 0.350. The van der Waals surface area contributed by atoms with Gasteiger partial charge in [0.25, 0.3) is 0 Å². The molecule has 1 saturated heterocycles. The summed E-state index contributed by atoms with van der Waals surface area (Å²) in [5, 5.41) is 14.5. The summed E-state index contributed by atoms with van der Waals surface area (Å²) in [5.74, 6) is -0.592. The monoisotopic (exact) mass is 344 g/mol. The SMILES string of the molecule is O=C([O-])Cc1ccc2c(c1)[C@@H]1CN(Cc3ccccc3)CC[C@@H]1N2.[Na+]. The first-order chi connectivity index (χ1) is 11.7. The Bertz CT molecular complexity index is 751. The van der Waals surface area contributed by atoms with Crippen molar-refractivity contribution in [3.63, 3.8) is 0 Å². The van der Waals surface area contributed by atoms with E-state index in [2.05, 4.69) is 40.5 Å². The Morgan fingerprint density at radius 2 is 1.96 bits per heavy atom. The number of hydrogen-bond donors (Lipinski definition) is 1. The summed E-state index contributed by atoms with van der Waals surface area (Å²) in [6.07, 6.45) is 1.10. The summed E-state index contributed by atoms with van der Waals surface area (Å²) in [4.78, 5) is 13.4. The van der Waals surface area contributed by atoms with E-state index in [9.17, 15) is 9.90 Å². The molecule has 2 aromatic carbocycles. The summed E-state index contributed by atoms with van der Waals surface area (Å²) in [5.41, 5.74) is 4.59. The Morgan fingerprint density at radius 1 is 1.16 bits per heavy atom. The standard InChI is InChI=1S/C20H22N2O2.Na/c23-20(24)11-15-6-7-18-16(10-15)17-13-22(9-8-19(17)21-18)12-14-4-2-1-3-5-14;/h1-7,10,17,19,21H,8-9,11-13H2,(H,23,24);/q;+1/p-1/t17-,19-;/m0./s1. The van der Waals surface area contributed by atoms with Gasteiger partial charge in [-0.3, -0.25) is 4.90 Å². The molecule has 0 bridgehead atoms. The molecule has 0 saturated carbocycles. The van der Waals surface area contributed by atoms with Gasteiger partial charge < -0.3 is 15.2 Å². The minimum Gasteiger partial charge on any atom is -0.550 e. The number of carboxylic acid groups (broad SMARTS) is 1. The van der Waals surface area contributed by atoms with E-state index in [1.807, 2.05) is 18.2 Å². The van der Waals surface area contributed by atoms with Crippen LogP contribution in [-0.4, -0.2) is 30.0 Å². The maximum Gasteiger partial charge on any atom is 1.00 e. The predicted octanol–water partition coefficient (Wildman–Crippen LogP) is -1.23. The maximum atomic E-state index is 10.9. The average molecular weight is 344 g/mol. The minimum absolute atomic E-state index is 0. The van der Waals surface area contributed by atoms with Crippen molar-refractivity contribution in [3.05, 3.63) is 65.2 Å². The number of nitrogens with zero attached hydrogens (tertiary/aromatic N) is 1. The molecule has 124 valence electrons. The first-order valence-electron chi connectivity index (χ1n) is 8.54. The van der Waals surface area contributed by atoms with E-state index in [4.69, 9.17) is 0 Å². The second kappa shape index (κ2) is 7.92. The number of nitrogens with one attached hydrogen (secondary N) is 1. The number of rotatable bonds is 4. The number of likely N-dealkylation sites (tertiary alicyclic amines) is 1. The predicted molar refractivity (Wildman–Crippen MR) is 91.6 cm³/mol. The number of carboxylic acids is 1. The molecule has 1 N–H and O–H groups in total. The molecule has 2 aliphatic rings. The van der Waals surface area contributed by atoms with Gasteiger partial charge in [0.15, 0.2) is 0 Å². The molecular formula is C20H21N2NaO2. The molecule has 4 rings (SSSR count). The molecule has 1 fully saturated rings. The number of hydrogen-bond acceptors (Lipinski definition) is 4. The Labute approximate surface area is 170 Å². The fourth-order valence-electron chi connectivity index (χ4n) is 4.02. The Balaban J connectivity index is 0.00000182. The second-order valence-electron chi connectivity index (χ2n) is 6.84. The summed E-state index contributed by atoms with van der Waals surface area (Å²) < 4.78 is 0. The third-order valence-corrected chi connectivity index (χ3v) is 5.15. The van der Waals surface area contributed by atoms with E-state index >= 15 is 0 Å². The van der Waals surface area contributed by atoms with Crippen LogP contribution in [0.5, 0.6) is 0 Å². The molecular weight excluding hydrogens is 323 g/mol. The Morgan fingerprint density at radius 3 is 2.72 bits per heavy atom. The van der Waals surface area contributed by atoms with Crippen LogP contribution in [0.3, 0.4) is 0 Å². The van der Waals surface area contributed by atoms with Crippen molar-refractivity contribution < 1.29 is 39.5 Å². The van der Waals surface area contributed by atoms with Gasteiger partial charge in [0.1, 0.15) is 0 Å². The van der Waals surface area contributed by atoms with Gasteiger partial charge in [0, 0.05) is 49.7 Å². The van der Waals surface area contributed by atoms with Crippen LogP contribution in [0, 0.1) is 0 Å². The third kappa shape index (κ3) is 4.09. The molecule has 2 atom stereocenters. The summed E-state index contributed by atoms with van der Waals surface area (Å²) in [6.45, 7) is 3.06. The van der Waals surface area contributed by atoms with Crippen LogP contribution in [0.15, 0.2) is 48.5 Å². The van der Waals surface area contributed by atoms with Gasteiger partial charge in [-0.1, -0.05) is 42.5 Å². The van der Waals surface area contributed by atoms with Crippen LogP contribution < -0.4 is 40.0 Å². The van der Waals surface area contributed by atoms with E-state index in [1.165, 1.54) is 11.1 Å². The first kappa shape index (κ1) is 18.5. The van der Waals surface area contributed by atoms with Crippen molar-refractivity contribution in [2.75, 3.05) is 18.4 Å². The molecule has 5 heteroatoms. The second-order valence-corrected chi connectivity index (χ2v) is 6.84. The zero-order chi connectivity index (χ0) is 16.5. The number of aliphatic carboxylic acids is 1. The van der Waals surface area contributed by atoms with Gasteiger partial charge in [-0.15, -0.1) is 0 Å². The van der Waals surface area contributed by atoms with Crippen LogP contribution in [0.1, 0.15) is 29.0 Å². The zero-order valence-electron chi connectivity index (χ0n) is 14.6. The van der Waals surface area contributed by atoms with Crippen molar-refractivity contribution in [2.45, 2.75) is 31.3 Å². The molecule has 2 aliphatic heterocycles. The molecule has 0 aliphatic carbocycles. The number of carbonyl (C=O) groups excluding carboxylic acids is 1. The maximum absolute atomic E-state index is 10.9. The van der Waals surface area contributed by atoms with Gasteiger partial charge in [0.05, 0.1) is 0 Å². The van der Waals surface area contributed by atoms with Gasteiger partial charge in [-0.25, -0.2) is 0 Å². The molecule has 0 aromatic heterocycles. The molecule has 0 radical (unpaired) electrons. The quantitative estimate of drug-likeness (QED) is 0.706. The molecule has 2 aromatic rings. The van der Waals surface area contributed by atoms with Crippen molar-refractivity contribution in [2.24, 2.45) is 0 Å². The van der Waals surface area contributed by atoms with Crippen molar-refractivity contribution in [1.29, 1.82) is 0 Å². The van der Waals surface area contributed by atoms with E-state index < -0.39 is 5.97 Å². The normalized spacial score (nSPS) is 21.6. The summed E-state index contributed by atoms with van der Waals surface area (Å²) in [6, 6.07) is 17.0. The van der Waals surface area contributed by atoms with Crippen molar-refractivity contribution >= 4 is 11.7 Å². The number of piperidine rings is 1. The molecule has 0 amide bonds. The van der Waals surface area contributed by atoms with E-state index in [1.54, 1.807) is 0 Å².